The maximum absolute atomic E-state index is 12.7. The smallest absolute Gasteiger partial charge is 0.252 e. The first-order chi connectivity index (χ1) is 14.3. The van der Waals surface area contributed by atoms with E-state index in [1.54, 1.807) is 17.5 Å². The van der Waals surface area contributed by atoms with Gasteiger partial charge in [-0.3, -0.25) is 14.7 Å². The third-order valence-corrected chi connectivity index (χ3v) is 6.25. The lowest BCUT2D eigenvalue weighted by molar-refractivity contribution is 0.0949. The summed E-state index contributed by atoms with van der Waals surface area (Å²) < 4.78 is 0. The molecule has 0 aliphatic carbocycles. The van der Waals surface area contributed by atoms with Crippen LogP contribution in [0.4, 0.5) is 0 Å². The molecule has 4 heterocycles. The van der Waals surface area contributed by atoms with Crippen molar-refractivity contribution in [3.63, 3.8) is 0 Å². The van der Waals surface area contributed by atoms with Crippen molar-refractivity contribution in [3.05, 3.63) is 81.6 Å². The fourth-order valence-electron chi connectivity index (χ4n) is 3.77. The fraction of sp³-hybridized carbons (Fsp3) is 0.227. The van der Waals surface area contributed by atoms with Gasteiger partial charge in [-0.1, -0.05) is 18.2 Å². The van der Waals surface area contributed by atoms with Crippen LogP contribution in [0.1, 0.15) is 32.3 Å². The molecule has 1 aromatic carbocycles. The van der Waals surface area contributed by atoms with Crippen molar-refractivity contribution in [2.45, 2.75) is 26.1 Å². The second-order valence-corrected chi connectivity index (χ2v) is 8.18. The number of carbonyl (C=O) groups is 1. The average molecular weight is 404 g/mol. The normalized spacial score (nSPS) is 14.1. The molecule has 0 saturated heterocycles. The molecule has 0 radical (unpaired) electrons. The van der Waals surface area contributed by atoms with Crippen molar-refractivity contribution < 1.29 is 4.79 Å². The van der Waals surface area contributed by atoms with Crippen LogP contribution in [-0.4, -0.2) is 32.3 Å². The predicted molar refractivity (Wildman–Crippen MR) is 114 cm³/mol. The summed E-state index contributed by atoms with van der Waals surface area (Å²) in [4.78, 5) is 28.7. The number of pyridine rings is 1. The third kappa shape index (κ3) is 3.79. The Morgan fingerprint density at radius 2 is 2.10 bits per heavy atom. The quantitative estimate of drug-likeness (QED) is 0.535. The number of hydrogen-bond donors (Lipinski definition) is 2. The number of carbonyl (C=O) groups excluding carboxylic acids is 1. The second kappa shape index (κ2) is 7.77. The molecule has 1 aliphatic rings. The molecule has 0 bridgehead atoms. The fourth-order valence-corrected chi connectivity index (χ4v) is 4.89. The van der Waals surface area contributed by atoms with E-state index in [4.69, 9.17) is 0 Å². The minimum Gasteiger partial charge on any atom is -0.346 e. The molecule has 1 amide bonds. The SMILES string of the molecule is O=C(NCc1ccccn1)c1csc2c1CCN(Cc1nc3ccccc3[nH]1)C2. The highest BCUT2D eigenvalue weighted by atomic mass is 32.1. The summed E-state index contributed by atoms with van der Waals surface area (Å²) in [5.41, 5.74) is 4.94. The van der Waals surface area contributed by atoms with Crippen molar-refractivity contribution in [1.82, 2.24) is 25.2 Å². The van der Waals surface area contributed by atoms with Crippen LogP contribution in [0.25, 0.3) is 11.0 Å². The van der Waals surface area contributed by atoms with E-state index in [1.807, 2.05) is 41.8 Å². The Kier molecular flexibility index (Phi) is 4.83. The molecule has 5 rings (SSSR count). The Labute approximate surface area is 172 Å². The first-order valence-electron chi connectivity index (χ1n) is 9.69. The van der Waals surface area contributed by atoms with Crippen molar-refractivity contribution in [2.75, 3.05) is 6.54 Å². The van der Waals surface area contributed by atoms with Crippen LogP contribution in [0.3, 0.4) is 0 Å². The van der Waals surface area contributed by atoms with Crippen LogP contribution in [0, 0.1) is 0 Å². The molecular formula is C22H21N5OS. The predicted octanol–water partition coefficient (Wildman–Crippen LogP) is 3.51. The molecule has 146 valence electrons. The highest BCUT2D eigenvalue weighted by Gasteiger charge is 2.24. The highest BCUT2D eigenvalue weighted by Crippen LogP contribution is 2.29. The maximum atomic E-state index is 12.7. The number of nitrogens with zero attached hydrogens (tertiary/aromatic N) is 3. The molecular weight excluding hydrogens is 382 g/mol. The van der Waals surface area contributed by atoms with Gasteiger partial charge in [0.05, 0.1) is 35.4 Å². The standard InChI is InChI=1S/C22H21N5OS/c28-22(24-11-15-5-3-4-9-23-15)17-14-29-20-12-27(10-8-16(17)20)13-21-25-18-6-1-2-7-19(18)26-21/h1-7,9,14H,8,10-13H2,(H,24,28)(H,25,26). The Morgan fingerprint density at radius 1 is 1.21 bits per heavy atom. The van der Waals surface area contributed by atoms with Gasteiger partial charge in [-0.2, -0.15) is 0 Å². The number of amides is 1. The second-order valence-electron chi connectivity index (χ2n) is 7.22. The van der Waals surface area contributed by atoms with E-state index in [1.165, 1.54) is 10.4 Å². The van der Waals surface area contributed by atoms with Gasteiger partial charge in [0, 0.05) is 29.5 Å². The van der Waals surface area contributed by atoms with Crippen molar-refractivity contribution in [2.24, 2.45) is 0 Å². The topological polar surface area (TPSA) is 73.9 Å². The molecule has 3 aromatic heterocycles. The van der Waals surface area contributed by atoms with Gasteiger partial charge < -0.3 is 10.3 Å². The van der Waals surface area contributed by atoms with E-state index in [2.05, 4.69) is 31.2 Å². The maximum Gasteiger partial charge on any atom is 0.252 e. The summed E-state index contributed by atoms with van der Waals surface area (Å²) in [6.45, 7) is 3.00. The largest absolute Gasteiger partial charge is 0.346 e. The van der Waals surface area contributed by atoms with Crippen LogP contribution in [0.15, 0.2) is 54.0 Å². The number of nitrogens with one attached hydrogen (secondary N) is 2. The van der Waals surface area contributed by atoms with E-state index < -0.39 is 0 Å². The minimum absolute atomic E-state index is 0.0149. The zero-order valence-electron chi connectivity index (χ0n) is 15.9. The lowest BCUT2D eigenvalue weighted by Gasteiger charge is -2.26. The number of rotatable bonds is 5. The molecule has 0 fully saturated rings. The van der Waals surface area contributed by atoms with Gasteiger partial charge in [0.25, 0.3) is 5.91 Å². The number of thiophene rings is 1. The Morgan fingerprint density at radius 3 is 2.97 bits per heavy atom. The monoisotopic (exact) mass is 403 g/mol. The van der Waals surface area contributed by atoms with Crippen LogP contribution in [-0.2, 0) is 26.1 Å². The summed E-state index contributed by atoms with van der Waals surface area (Å²) in [5.74, 6) is 0.971. The molecule has 0 saturated carbocycles. The Hall–Kier alpha value is -3.03. The summed E-state index contributed by atoms with van der Waals surface area (Å²) in [6.07, 6.45) is 2.62. The molecule has 6 nitrogen and oxygen atoms in total. The number of benzene rings is 1. The molecule has 0 atom stereocenters. The number of para-hydroxylation sites is 2. The van der Waals surface area contributed by atoms with Gasteiger partial charge in [0.15, 0.2) is 0 Å². The molecule has 1 aliphatic heterocycles. The van der Waals surface area contributed by atoms with Gasteiger partial charge in [0.2, 0.25) is 0 Å². The molecule has 7 heteroatoms. The molecule has 0 unspecified atom stereocenters. The Balaban J connectivity index is 1.24. The Bertz CT molecular complexity index is 1120. The number of fused-ring (bicyclic) bond motifs is 2. The van der Waals surface area contributed by atoms with Gasteiger partial charge in [-0.05, 0) is 36.2 Å². The zero-order valence-corrected chi connectivity index (χ0v) is 16.7. The number of hydrogen-bond acceptors (Lipinski definition) is 5. The molecule has 0 spiro atoms. The number of imidazole rings is 1. The minimum atomic E-state index is -0.0149. The molecule has 4 aromatic rings. The summed E-state index contributed by atoms with van der Waals surface area (Å²) in [6, 6.07) is 13.8. The van der Waals surface area contributed by atoms with E-state index in [9.17, 15) is 4.79 Å². The van der Waals surface area contributed by atoms with Gasteiger partial charge in [-0.25, -0.2) is 4.98 Å². The van der Waals surface area contributed by atoms with E-state index >= 15 is 0 Å². The number of aromatic nitrogens is 3. The summed E-state index contributed by atoms with van der Waals surface area (Å²) >= 11 is 1.67. The molecule has 29 heavy (non-hydrogen) atoms. The first-order valence-corrected chi connectivity index (χ1v) is 10.6. The van der Waals surface area contributed by atoms with Crippen LogP contribution in [0.5, 0.6) is 0 Å². The van der Waals surface area contributed by atoms with Gasteiger partial charge in [-0.15, -0.1) is 11.3 Å². The molecule has 2 N–H and O–H groups in total. The zero-order chi connectivity index (χ0) is 19.6. The number of aromatic amines is 1. The average Bonchev–Trinajstić information content (AvgIpc) is 3.36. The van der Waals surface area contributed by atoms with E-state index in [0.29, 0.717) is 6.54 Å². The van der Waals surface area contributed by atoms with E-state index in [-0.39, 0.29) is 5.91 Å². The van der Waals surface area contributed by atoms with Crippen molar-refractivity contribution in [3.8, 4) is 0 Å². The summed E-state index contributed by atoms with van der Waals surface area (Å²) in [5, 5.41) is 4.98. The number of H-pyrrole nitrogens is 1. The van der Waals surface area contributed by atoms with Crippen LogP contribution < -0.4 is 5.32 Å². The summed E-state index contributed by atoms with van der Waals surface area (Å²) in [7, 11) is 0. The van der Waals surface area contributed by atoms with Gasteiger partial charge in [0.1, 0.15) is 5.82 Å². The highest BCUT2D eigenvalue weighted by molar-refractivity contribution is 7.10. The lowest BCUT2D eigenvalue weighted by atomic mass is 10.0. The third-order valence-electron chi connectivity index (χ3n) is 5.24. The van der Waals surface area contributed by atoms with Crippen molar-refractivity contribution in [1.29, 1.82) is 0 Å². The van der Waals surface area contributed by atoms with Crippen LogP contribution >= 0.6 is 11.3 Å². The van der Waals surface area contributed by atoms with Gasteiger partial charge >= 0.3 is 0 Å². The van der Waals surface area contributed by atoms with Crippen LogP contribution in [0.2, 0.25) is 0 Å². The first kappa shape index (κ1) is 18.0. The van der Waals surface area contributed by atoms with E-state index in [0.717, 1.165) is 54.2 Å². The van der Waals surface area contributed by atoms with Crippen molar-refractivity contribution >= 4 is 28.3 Å². The lowest BCUT2D eigenvalue weighted by Crippen LogP contribution is -2.31.